The van der Waals surface area contributed by atoms with E-state index in [4.69, 9.17) is 0 Å². The van der Waals surface area contributed by atoms with Gasteiger partial charge in [0.2, 0.25) is 0 Å². The first kappa shape index (κ1) is 7.48. The summed E-state index contributed by atoms with van der Waals surface area (Å²) in [6.45, 7) is 4.25. The number of thiophene rings is 1. The summed E-state index contributed by atoms with van der Waals surface area (Å²) < 4.78 is 0. The van der Waals surface area contributed by atoms with E-state index < -0.39 is 0 Å². The van der Waals surface area contributed by atoms with Crippen LogP contribution in [0.4, 0.5) is 0 Å². The summed E-state index contributed by atoms with van der Waals surface area (Å²) in [6.07, 6.45) is 0.891. The number of carbonyl (C=O) groups excluding carboxylic acids is 1. The molecule has 10 heavy (non-hydrogen) atoms. The maximum absolute atomic E-state index is 10.2. The van der Waals surface area contributed by atoms with Gasteiger partial charge in [0.15, 0.2) is 6.29 Å². The van der Waals surface area contributed by atoms with Crippen LogP contribution < -0.4 is 0 Å². The van der Waals surface area contributed by atoms with E-state index in [1.165, 1.54) is 4.88 Å². The second kappa shape index (κ2) is 2.97. The zero-order valence-electron chi connectivity index (χ0n) is 6.13. The van der Waals surface area contributed by atoms with Gasteiger partial charge in [-0.3, -0.25) is 4.79 Å². The van der Waals surface area contributed by atoms with Gasteiger partial charge in [0, 0.05) is 15.8 Å². The SMILES string of the molecule is CC(C)c1cc(C=O)cs1. The summed E-state index contributed by atoms with van der Waals surface area (Å²) in [7, 11) is 0. The van der Waals surface area contributed by atoms with Crippen LogP contribution >= 0.6 is 11.3 Å². The fraction of sp³-hybridized carbons (Fsp3) is 0.375. The molecule has 0 bridgehead atoms. The van der Waals surface area contributed by atoms with Crippen molar-refractivity contribution in [2.75, 3.05) is 0 Å². The zero-order valence-corrected chi connectivity index (χ0v) is 6.94. The second-order valence-electron chi connectivity index (χ2n) is 2.55. The van der Waals surface area contributed by atoms with Crippen LogP contribution in [0.5, 0.6) is 0 Å². The molecule has 0 saturated heterocycles. The Hall–Kier alpha value is -0.630. The third-order valence-electron chi connectivity index (χ3n) is 1.35. The summed E-state index contributed by atoms with van der Waals surface area (Å²) in [5.41, 5.74) is 0.800. The van der Waals surface area contributed by atoms with E-state index in [0.29, 0.717) is 5.92 Å². The Bertz CT molecular complexity index is 225. The van der Waals surface area contributed by atoms with E-state index in [2.05, 4.69) is 13.8 Å². The molecular formula is C8H10OS. The highest BCUT2D eigenvalue weighted by Crippen LogP contribution is 2.21. The molecular weight excluding hydrogens is 144 g/mol. The van der Waals surface area contributed by atoms with Gasteiger partial charge in [-0.1, -0.05) is 13.8 Å². The van der Waals surface area contributed by atoms with Crippen molar-refractivity contribution in [3.63, 3.8) is 0 Å². The van der Waals surface area contributed by atoms with Gasteiger partial charge in [-0.05, 0) is 12.0 Å². The van der Waals surface area contributed by atoms with Crippen molar-refractivity contribution >= 4 is 17.6 Å². The van der Waals surface area contributed by atoms with Crippen LogP contribution in [0.1, 0.15) is 35.0 Å². The Morgan fingerprint density at radius 1 is 1.60 bits per heavy atom. The van der Waals surface area contributed by atoms with Gasteiger partial charge in [0.05, 0.1) is 0 Å². The molecule has 0 N–H and O–H groups in total. The highest BCUT2D eigenvalue weighted by atomic mass is 32.1. The van der Waals surface area contributed by atoms with Crippen molar-refractivity contribution in [1.29, 1.82) is 0 Å². The van der Waals surface area contributed by atoms with Gasteiger partial charge in [-0.2, -0.15) is 0 Å². The van der Waals surface area contributed by atoms with Crippen LogP contribution in [0.25, 0.3) is 0 Å². The van der Waals surface area contributed by atoms with Crippen molar-refractivity contribution in [2.24, 2.45) is 0 Å². The van der Waals surface area contributed by atoms with Crippen molar-refractivity contribution < 1.29 is 4.79 Å². The number of hydrogen-bond donors (Lipinski definition) is 0. The van der Waals surface area contributed by atoms with E-state index in [0.717, 1.165) is 11.8 Å². The quantitative estimate of drug-likeness (QED) is 0.598. The molecule has 0 spiro atoms. The average Bonchev–Trinajstić information content (AvgIpc) is 2.34. The molecule has 1 heterocycles. The lowest BCUT2D eigenvalue weighted by Crippen LogP contribution is -1.79. The highest BCUT2D eigenvalue weighted by Gasteiger charge is 2.01. The molecule has 2 heteroatoms. The van der Waals surface area contributed by atoms with Crippen LogP contribution in [0, 0.1) is 0 Å². The van der Waals surface area contributed by atoms with Gasteiger partial charge in [-0.15, -0.1) is 11.3 Å². The number of hydrogen-bond acceptors (Lipinski definition) is 2. The maximum Gasteiger partial charge on any atom is 0.150 e. The normalized spacial score (nSPS) is 10.3. The van der Waals surface area contributed by atoms with Gasteiger partial charge in [0.1, 0.15) is 0 Å². The Morgan fingerprint density at radius 2 is 2.30 bits per heavy atom. The molecule has 0 amide bonds. The van der Waals surface area contributed by atoms with Crippen molar-refractivity contribution in [3.05, 3.63) is 21.9 Å². The molecule has 0 aliphatic carbocycles. The molecule has 0 unspecified atom stereocenters. The first-order valence-corrected chi connectivity index (χ1v) is 4.15. The predicted octanol–water partition coefficient (Wildman–Crippen LogP) is 2.68. The molecule has 0 aliphatic heterocycles. The van der Waals surface area contributed by atoms with Crippen molar-refractivity contribution in [3.8, 4) is 0 Å². The molecule has 0 fully saturated rings. The average molecular weight is 154 g/mol. The maximum atomic E-state index is 10.2. The zero-order chi connectivity index (χ0) is 7.56. The monoisotopic (exact) mass is 154 g/mol. The molecule has 54 valence electrons. The topological polar surface area (TPSA) is 17.1 Å². The Balaban J connectivity index is 2.88. The standard InChI is InChI=1S/C8H10OS/c1-6(2)8-3-7(4-9)5-10-8/h3-6H,1-2H3. The lowest BCUT2D eigenvalue weighted by molar-refractivity contribution is 0.112. The first-order valence-electron chi connectivity index (χ1n) is 3.27. The molecule has 0 atom stereocenters. The number of aldehydes is 1. The Kier molecular flexibility index (Phi) is 2.22. The minimum Gasteiger partial charge on any atom is -0.298 e. The van der Waals surface area contributed by atoms with Gasteiger partial charge in [0.25, 0.3) is 0 Å². The Labute approximate surface area is 64.7 Å². The third-order valence-corrected chi connectivity index (χ3v) is 2.60. The molecule has 1 nitrogen and oxygen atoms in total. The largest absolute Gasteiger partial charge is 0.298 e. The van der Waals surface area contributed by atoms with Crippen LogP contribution in [-0.2, 0) is 0 Å². The van der Waals surface area contributed by atoms with Gasteiger partial charge in [-0.25, -0.2) is 0 Å². The number of rotatable bonds is 2. The van der Waals surface area contributed by atoms with Crippen molar-refractivity contribution in [2.45, 2.75) is 19.8 Å². The lowest BCUT2D eigenvalue weighted by atomic mass is 10.1. The van der Waals surface area contributed by atoms with Crippen LogP contribution in [-0.4, -0.2) is 6.29 Å². The molecule has 0 aliphatic rings. The van der Waals surface area contributed by atoms with Crippen LogP contribution in [0.15, 0.2) is 11.4 Å². The van der Waals surface area contributed by atoms with E-state index in [1.54, 1.807) is 11.3 Å². The summed E-state index contributed by atoms with van der Waals surface area (Å²) in [5.74, 6) is 0.540. The fourth-order valence-electron chi connectivity index (χ4n) is 0.733. The third kappa shape index (κ3) is 1.45. The van der Waals surface area contributed by atoms with E-state index in [9.17, 15) is 4.79 Å². The summed E-state index contributed by atoms with van der Waals surface area (Å²) in [4.78, 5) is 11.5. The molecule has 1 rings (SSSR count). The smallest absolute Gasteiger partial charge is 0.150 e. The minimum atomic E-state index is 0.540. The summed E-state index contributed by atoms with van der Waals surface area (Å²) >= 11 is 1.65. The molecule has 1 aromatic heterocycles. The van der Waals surface area contributed by atoms with E-state index in [-0.39, 0.29) is 0 Å². The van der Waals surface area contributed by atoms with E-state index >= 15 is 0 Å². The summed E-state index contributed by atoms with van der Waals surface area (Å²) in [5, 5.41) is 1.89. The Morgan fingerprint density at radius 3 is 2.60 bits per heavy atom. The minimum absolute atomic E-state index is 0.540. The lowest BCUT2D eigenvalue weighted by Gasteiger charge is -1.95. The molecule has 0 radical (unpaired) electrons. The van der Waals surface area contributed by atoms with Crippen LogP contribution in [0.2, 0.25) is 0 Å². The second-order valence-corrected chi connectivity index (χ2v) is 3.50. The predicted molar refractivity (Wildman–Crippen MR) is 43.8 cm³/mol. The van der Waals surface area contributed by atoms with Crippen LogP contribution in [0.3, 0.4) is 0 Å². The number of carbonyl (C=O) groups is 1. The van der Waals surface area contributed by atoms with Gasteiger partial charge < -0.3 is 0 Å². The fourth-order valence-corrected chi connectivity index (χ4v) is 1.60. The molecule has 0 saturated carbocycles. The molecule has 0 aromatic carbocycles. The van der Waals surface area contributed by atoms with Crippen molar-refractivity contribution in [1.82, 2.24) is 0 Å². The highest BCUT2D eigenvalue weighted by molar-refractivity contribution is 7.10. The first-order chi connectivity index (χ1) is 4.74. The van der Waals surface area contributed by atoms with Gasteiger partial charge >= 0.3 is 0 Å². The molecule has 1 aromatic rings. The van der Waals surface area contributed by atoms with E-state index in [1.807, 2.05) is 11.4 Å². The summed E-state index contributed by atoms with van der Waals surface area (Å²) in [6, 6.07) is 1.95.